The molecule has 1 atom stereocenters. The Morgan fingerprint density at radius 1 is 1.21 bits per heavy atom. The Morgan fingerprint density at radius 2 is 1.93 bits per heavy atom. The number of thioether (sulfide) groups is 1. The SMILES string of the molecule is COc1cc(CNC(CCSC)C(=O)O)c(Cl)cc1OCc1ccc(Cl)cc1. The fraction of sp³-hybridized carbons (Fsp3) is 0.350. The third-order valence-corrected chi connectivity index (χ3v) is 5.34. The normalized spacial score (nSPS) is 11.9. The molecule has 0 aliphatic heterocycles. The molecule has 8 heteroatoms. The molecule has 0 fully saturated rings. The fourth-order valence-corrected chi connectivity index (χ4v) is 3.33. The van der Waals surface area contributed by atoms with Crippen LogP contribution in [0.15, 0.2) is 36.4 Å². The molecule has 2 rings (SSSR count). The molecule has 152 valence electrons. The maximum absolute atomic E-state index is 11.4. The zero-order valence-electron chi connectivity index (χ0n) is 15.7. The zero-order chi connectivity index (χ0) is 20.5. The summed E-state index contributed by atoms with van der Waals surface area (Å²) in [7, 11) is 1.55. The van der Waals surface area contributed by atoms with Gasteiger partial charge in [-0.25, -0.2) is 0 Å². The van der Waals surface area contributed by atoms with E-state index in [0.29, 0.717) is 41.1 Å². The zero-order valence-corrected chi connectivity index (χ0v) is 18.0. The molecule has 0 bridgehead atoms. The van der Waals surface area contributed by atoms with Gasteiger partial charge in [0.15, 0.2) is 11.5 Å². The van der Waals surface area contributed by atoms with E-state index in [2.05, 4.69) is 5.32 Å². The minimum Gasteiger partial charge on any atom is -0.493 e. The summed E-state index contributed by atoms with van der Waals surface area (Å²) in [5.41, 5.74) is 1.71. The molecule has 2 N–H and O–H groups in total. The van der Waals surface area contributed by atoms with Crippen LogP contribution in [0.25, 0.3) is 0 Å². The highest BCUT2D eigenvalue weighted by molar-refractivity contribution is 7.98. The van der Waals surface area contributed by atoms with Crippen molar-refractivity contribution < 1.29 is 19.4 Å². The van der Waals surface area contributed by atoms with Crippen LogP contribution in [-0.4, -0.2) is 36.2 Å². The van der Waals surface area contributed by atoms with E-state index in [0.717, 1.165) is 16.9 Å². The predicted molar refractivity (Wildman–Crippen MR) is 115 cm³/mol. The number of halogens is 2. The average molecular weight is 444 g/mol. The lowest BCUT2D eigenvalue weighted by atomic mass is 10.1. The first-order chi connectivity index (χ1) is 13.4. The van der Waals surface area contributed by atoms with Crippen molar-refractivity contribution in [2.24, 2.45) is 0 Å². The first-order valence-corrected chi connectivity index (χ1v) is 10.8. The Labute approximate surface area is 179 Å². The molecule has 0 aromatic heterocycles. The Bertz CT molecular complexity index is 787. The van der Waals surface area contributed by atoms with Gasteiger partial charge in [0.2, 0.25) is 0 Å². The van der Waals surface area contributed by atoms with E-state index in [1.807, 2.05) is 18.4 Å². The minimum atomic E-state index is -0.875. The number of ether oxygens (including phenoxy) is 2. The Morgan fingerprint density at radius 3 is 2.54 bits per heavy atom. The summed E-state index contributed by atoms with van der Waals surface area (Å²) < 4.78 is 11.3. The van der Waals surface area contributed by atoms with E-state index in [4.69, 9.17) is 32.7 Å². The van der Waals surface area contributed by atoms with Gasteiger partial charge in [0.05, 0.1) is 7.11 Å². The number of nitrogens with one attached hydrogen (secondary N) is 1. The molecule has 0 amide bonds. The lowest BCUT2D eigenvalue weighted by Gasteiger charge is -2.17. The average Bonchev–Trinajstić information content (AvgIpc) is 2.68. The van der Waals surface area contributed by atoms with Crippen LogP contribution in [0.1, 0.15) is 17.5 Å². The van der Waals surface area contributed by atoms with Gasteiger partial charge in [-0.1, -0.05) is 35.3 Å². The molecule has 2 aromatic rings. The molecule has 0 heterocycles. The molecule has 2 aromatic carbocycles. The van der Waals surface area contributed by atoms with Gasteiger partial charge >= 0.3 is 5.97 Å². The van der Waals surface area contributed by atoms with E-state index in [-0.39, 0.29) is 0 Å². The van der Waals surface area contributed by atoms with Gasteiger partial charge in [-0.15, -0.1) is 0 Å². The highest BCUT2D eigenvalue weighted by Gasteiger charge is 2.18. The van der Waals surface area contributed by atoms with Gasteiger partial charge in [-0.2, -0.15) is 11.8 Å². The number of rotatable bonds is 11. The van der Waals surface area contributed by atoms with Crippen molar-refractivity contribution in [3.05, 3.63) is 57.6 Å². The monoisotopic (exact) mass is 443 g/mol. The number of carboxylic acid groups (broad SMARTS) is 1. The van der Waals surface area contributed by atoms with Crippen molar-refractivity contribution in [3.8, 4) is 11.5 Å². The molecule has 1 unspecified atom stereocenters. The smallest absolute Gasteiger partial charge is 0.320 e. The highest BCUT2D eigenvalue weighted by atomic mass is 35.5. The van der Waals surface area contributed by atoms with E-state index in [9.17, 15) is 9.90 Å². The topological polar surface area (TPSA) is 67.8 Å². The van der Waals surface area contributed by atoms with Crippen LogP contribution in [0.4, 0.5) is 0 Å². The molecule has 28 heavy (non-hydrogen) atoms. The number of carbonyl (C=O) groups is 1. The molecule has 0 saturated carbocycles. The number of hydrogen-bond donors (Lipinski definition) is 2. The molecule has 0 radical (unpaired) electrons. The molecule has 5 nitrogen and oxygen atoms in total. The van der Waals surface area contributed by atoms with E-state index in [1.54, 1.807) is 43.1 Å². The summed E-state index contributed by atoms with van der Waals surface area (Å²) in [5.74, 6) is 0.938. The third kappa shape index (κ3) is 6.78. The Kier molecular flexibility index (Phi) is 9.25. The van der Waals surface area contributed by atoms with Crippen LogP contribution in [0.5, 0.6) is 11.5 Å². The second-order valence-corrected chi connectivity index (χ2v) is 7.89. The summed E-state index contributed by atoms with van der Waals surface area (Å²) in [4.78, 5) is 11.4. The number of methoxy groups -OCH3 is 1. The molecule has 0 aliphatic carbocycles. The summed E-state index contributed by atoms with van der Waals surface area (Å²) in [6, 6.07) is 10.2. The van der Waals surface area contributed by atoms with Gasteiger partial charge in [-0.05, 0) is 47.8 Å². The number of benzene rings is 2. The summed E-state index contributed by atoms with van der Waals surface area (Å²) in [6.45, 7) is 0.662. The van der Waals surface area contributed by atoms with Crippen molar-refractivity contribution in [2.45, 2.75) is 25.6 Å². The largest absolute Gasteiger partial charge is 0.493 e. The molecule has 0 spiro atoms. The second-order valence-electron chi connectivity index (χ2n) is 6.06. The van der Waals surface area contributed by atoms with Crippen LogP contribution < -0.4 is 14.8 Å². The second kappa shape index (κ2) is 11.4. The molecule has 0 aliphatic rings. The van der Waals surface area contributed by atoms with Crippen LogP contribution in [0, 0.1) is 0 Å². The number of carboxylic acids is 1. The maximum Gasteiger partial charge on any atom is 0.320 e. The fourth-order valence-electron chi connectivity index (χ4n) is 2.51. The Hall–Kier alpha value is -1.60. The lowest BCUT2D eigenvalue weighted by Crippen LogP contribution is -2.36. The van der Waals surface area contributed by atoms with Crippen LogP contribution in [-0.2, 0) is 17.9 Å². The van der Waals surface area contributed by atoms with Crippen molar-refractivity contribution in [3.63, 3.8) is 0 Å². The Balaban J connectivity index is 2.06. The van der Waals surface area contributed by atoms with Gasteiger partial charge in [0.25, 0.3) is 0 Å². The maximum atomic E-state index is 11.4. The molecular weight excluding hydrogens is 421 g/mol. The van der Waals surface area contributed by atoms with Crippen molar-refractivity contribution in [1.29, 1.82) is 0 Å². The van der Waals surface area contributed by atoms with E-state index < -0.39 is 12.0 Å². The quantitative estimate of drug-likeness (QED) is 0.515. The van der Waals surface area contributed by atoms with Crippen LogP contribution in [0.2, 0.25) is 10.0 Å². The van der Waals surface area contributed by atoms with Crippen LogP contribution in [0.3, 0.4) is 0 Å². The molecular formula is C20H23Cl2NO4S. The van der Waals surface area contributed by atoms with Crippen molar-refractivity contribution in [2.75, 3.05) is 19.1 Å². The van der Waals surface area contributed by atoms with E-state index in [1.165, 1.54) is 0 Å². The summed E-state index contributed by atoms with van der Waals surface area (Å²) >= 11 is 13.9. The number of hydrogen-bond acceptors (Lipinski definition) is 5. The number of aliphatic carboxylic acids is 1. The lowest BCUT2D eigenvalue weighted by molar-refractivity contribution is -0.139. The van der Waals surface area contributed by atoms with E-state index >= 15 is 0 Å². The highest BCUT2D eigenvalue weighted by Crippen LogP contribution is 2.34. The summed E-state index contributed by atoms with van der Waals surface area (Å²) in [6.07, 6.45) is 2.48. The first kappa shape index (κ1) is 22.7. The summed E-state index contributed by atoms with van der Waals surface area (Å²) in [5, 5.41) is 13.5. The van der Waals surface area contributed by atoms with Crippen LogP contribution >= 0.6 is 35.0 Å². The van der Waals surface area contributed by atoms with Crippen molar-refractivity contribution in [1.82, 2.24) is 5.32 Å². The van der Waals surface area contributed by atoms with Crippen molar-refractivity contribution >= 4 is 40.9 Å². The predicted octanol–water partition coefficient (Wildman–Crippen LogP) is 4.88. The van der Waals surface area contributed by atoms with Gasteiger partial charge in [0, 0.05) is 22.7 Å². The van der Waals surface area contributed by atoms with Gasteiger partial charge in [0.1, 0.15) is 12.6 Å². The third-order valence-electron chi connectivity index (χ3n) is 4.09. The molecule has 0 saturated heterocycles. The first-order valence-electron chi connectivity index (χ1n) is 8.63. The standard InChI is InChI=1S/C20H23Cl2NO4S/c1-26-18-9-14(11-23-17(20(24)25)7-8-28-2)16(22)10-19(18)27-12-13-3-5-15(21)6-4-13/h3-6,9-10,17,23H,7-8,11-12H2,1-2H3,(H,24,25). The van der Waals surface area contributed by atoms with Gasteiger partial charge in [-0.3, -0.25) is 4.79 Å². The van der Waals surface area contributed by atoms with Gasteiger partial charge < -0.3 is 19.9 Å². The minimum absolute atomic E-state index is 0.317.